The van der Waals surface area contributed by atoms with Gasteiger partial charge in [0.05, 0.1) is 11.8 Å². The maximum atomic E-state index is 6.14. The summed E-state index contributed by atoms with van der Waals surface area (Å²) in [5.74, 6) is 1.44. The number of ether oxygens (including phenoxy) is 1. The fourth-order valence-corrected chi connectivity index (χ4v) is 4.28. The number of rotatable bonds is 5. The van der Waals surface area contributed by atoms with E-state index in [-0.39, 0.29) is 6.10 Å². The third kappa shape index (κ3) is 5.16. The Morgan fingerprint density at radius 2 is 2.00 bits per heavy atom. The van der Waals surface area contributed by atoms with Gasteiger partial charge in [0.1, 0.15) is 6.26 Å². The molecule has 29 heavy (non-hydrogen) atoms. The monoisotopic (exact) mass is 397 g/mol. The van der Waals surface area contributed by atoms with E-state index in [1.165, 1.54) is 12.0 Å². The second kappa shape index (κ2) is 9.89. The lowest BCUT2D eigenvalue weighted by molar-refractivity contribution is -0.0267. The van der Waals surface area contributed by atoms with Gasteiger partial charge < -0.3 is 19.5 Å². The van der Waals surface area contributed by atoms with Crippen molar-refractivity contribution in [2.45, 2.75) is 25.5 Å². The van der Waals surface area contributed by atoms with E-state index in [0.29, 0.717) is 5.92 Å². The molecule has 3 heterocycles. The molecule has 2 atom stereocenters. The zero-order chi connectivity index (χ0) is 19.9. The van der Waals surface area contributed by atoms with Crippen LogP contribution in [0.25, 0.3) is 0 Å². The molecule has 2 aliphatic heterocycles. The van der Waals surface area contributed by atoms with Crippen molar-refractivity contribution in [3.8, 4) is 0 Å². The number of piperazine rings is 1. The number of hydrogen-bond acceptors (Lipinski definition) is 5. The Morgan fingerprint density at radius 3 is 2.72 bits per heavy atom. The molecule has 1 N–H and O–H groups in total. The molecule has 0 bridgehead atoms. The molecule has 0 spiro atoms. The smallest absolute Gasteiger partial charge is 0.193 e. The van der Waals surface area contributed by atoms with Crippen LogP contribution in [-0.4, -0.2) is 67.3 Å². The molecule has 7 heteroatoms. The molecule has 0 radical (unpaired) electrons. The van der Waals surface area contributed by atoms with Crippen molar-refractivity contribution in [1.82, 2.24) is 20.3 Å². The van der Waals surface area contributed by atoms with E-state index in [1.807, 2.05) is 13.1 Å². The Hall–Kier alpha value is -2.38. The van der Waals surface area contributed by atoms with Crippen molar-refractivity contribution in [2.75, 3.05) is 46.4 Å². The first-order valence-corrected chi connectivity index (χ1v) is 10.6. The lowest BCUT2D eigenvalue weighted by Gasteiger charge is -2.37. The summed E-state index contributed by atoms with van der Waals surface area (Å²) in [7, 11) is 1.87. The van der Waals surface area contributed by atoms with Crippen molar-refractivity contribution in [1.29, 1.82) is 0 Å². The van der Waals surface area contributed by atoms with Gasteiger partial charge in [-0.1, -0.05) is 35.5 Å². The zero-order valence-electron chi connectivity index (χ0n) is 17.2. The molecule has 2 aromatic rings. The molecule has 0 amide bonds. The summed E-state index contributed by atoms with van der Waals surface area (Å²) in [5.41, 5.74) is 2.26. The van der Waals surface area contributed by atoms with E-state index in [1.54, 1.807) is 6.26 Å². The van der Waals surface area contributed by atoms with E-state index in [2.05, 4.69) is 55.6 Å². The first kappa shape index (κ1) is 19.9. The van der Waals surface area contributed by atoms with Gasteiger partial charge >= 0.3 is 0 Å². The van der Waals surface area contributed by atoms with E-state index in [0.717, 1.165) is 63.9 Å². The third-order valence-electron chi connectivity index (χ3n) is 5.86. The SMILES string of the molecule is CN=C(NCC1CCCOC1c1ccccc1)N1CCN(Cc2ccon2)CC1. The predicted octanol–water partition coefficient (Wildman–Crippen LogP) is 2.54. The van der Waals surface area contributed by atoms with Crippen LogP contribution in [0.2, 0.25) is 0 Å². The summed E-state index contributed by atoms with van der Waals surface area (Å²) in [4.78, 5) is 9.29. The summed E-state index contributed by atoms with van der Waals surface area (Å²) in [5, 5.41) is 7.63. The Balaban J connectivity index is 1.29. The molecule has 2 fully saturated rings. The maximum absolute atomic E-state index is 6.14. The molecule has 7 nitrogen and oxygen atoms in total. The van der Waals surface area contributed by atoms with Gasteiger partial charge in [0.2, 0.25) is 0 Å². The van der Waals surface area contributed by atoms with E-state index >= 15 is 0 Å². The molecule has 1 aromatic carbocycles. The lowest BCUT2D eigenvalue weighted by atomic mass is 9.89. The molecular weight excluding hydrogens is 366 g/mol. The standard InChI is InChI=1S/C22H31N5O2/c1-23-22(27-12-10-26(11-13-27)17-20-9-15-29-25-20)24-16-19-8-5-14-28-21(19)18-6-3-2-4-7-18/h2-4,6-7,9,15,19,21H,5,8,10-14,16-17H2,1H3,(H,23,24). The van der Waals surface area contributed by atoms with Crippen molar-refractivity contribution in [2.24, 2.45) is 10.9 Å². The molecule has 0 saturated carbocycles. The first-order valence-electron chi connectivity index (χ1n) is 10.6. The normalized spacial score (nSPS) is 23.9. The van der Waals surface area contributed by atoms with Crippen molar-refractivity contribution >= 4 is 5.96 Å². The molecule has 0 aliphatic carbocycles. The van der Waals surface area contributed by atoms with Crippen LogP contribution in [0.3, 0.4) is 0 Å². The number of nitrogens with one attached hydrogen (secondary N) is 1. The minimum absolute atomic E-state index is 0.162. The molecule has 156 valence electrons. The van der Waals surface area contributed by atoms with Crippen LogP contribution in [0.5, 0.6) is 0 Å². The Kier molecular flexibility index (Phi) is 6.79. The van der Waals surface area contributed by atoms with Gasteiger partial charge in [0.15, 0.2) is 5.96 Å². The Morgan fingerprint density at radius 1 is 1.17 bits per heavy atom. The molecule has 2 saturated heterocycles. The van der Waals surface area contributed by atoms with Gasteiger partial charge in [-0.3, -0.25) is 9.89 Å². The van der Waals surface area contributed by atoms with Gasteiger partial charge in [-0.05, 0) is 18.4 Å². The minimum Gasteiger partial charge on any atom is -0.373 e. The minimum atomic E-state index is 0.162. The van der Waals surface area contributed by atoms with Gasteiger partial charge in [-0.2, -0.15) is 0 Å². The largest absolute Gasteiger partial charge is 0.373 e. The highest BCUT2D eigenvalue weighted by Crippen LogP contribution is 2.33. The van der Waals surface area contributed by atoms with Gasteiger partial charge in [-0.15, -0.1) is 0 Å². The quantitative estimate of drug-likeness (QED) is 0.618. The van der Waals surface area contributed by atoms with Crippen LogP contribution in [0.4, 0.5) is 0 Å². The van der Waals surface area contributed by atoms with Crippen molar-refractivity contribution in [3.05, 3.63) is 53.9 Å². The summed E-state index contributed by atoms with van der Waals surface area (Å²) >= 11 is 0. The number of aliphatic imine (C=N–C) groups is 1. The van der Waals surface area contributed by atoms with Crippen LogP contribution in [0, 0.1) is 5.92 Å². The number of aromatic nitrogens is 1. The predicted molar refractivity (Wildman–Crippen MR) is 113 cm³/mol. The molecule has 4 rings (SSSR count). The van der Waals surface area contributed by atoms with Gasteiger partial charge in [-0.25, -0.2) is 0 Å². The highest BCUT2D eigenvalue weighted by atomic mass is 16.5. The van der Waals surface area contributed by atoms with E-state index in [9.17, 15) is 0 Å². The second-order valence-corrected chi connectivity index (χ2v) is 7.79. The number of nitrogens with zero attached hydrogens (tertiary/aromatic N) is 4. The number of hydrogen-bond donors (Lipinski definition) is 1. The van der Waals surface area contributed by atoms with Crippen LogP contribution < -0.4 is 5.32 Å². The average molecular weight is 398 g/mol. The second-order valence-electron chi connectivity index (χ2n) is 7.79. The molecule has 1 aromatic heterocycles. The van der Waals surface area contributed by atoms with Crippen LogP contribution in [0.15, 0.2) is 52.2 Å². The lowest BCUT2D eigenvalue weighted by Crippen LogP contribution is -2.53. The maximum Gasteiger partial charge on any atom is 0.193 e. The van der Waals surface area contributed by atoms with Gasteiger partial charge in [0.25, 0.3) is 0 Å². The van der Waals surface area contributed by atoms with Crippen molar-refractivity contribution in [3.63, 3.8) is 0 Å². The topological polar surface area (TPSA) is 66.1 Å². The van der Waals surface area contributed by atoms with Crippen molar-refractivity contribution < 1.29 is 9.26 Å². The Labute approximate surface area is 172 Å². The number of benzene rings is 1. The van der Waals surface area contributed by atoms with Crippen LogP contribution in [0.1, 0.15) is 30.2 Å². The summed E-state index contributed by atoms with van der Waals surface area (Å²) in [6.07, 6.45) is 4.09. The van der Waals surface area contributed by atoms with Crippen LogP contribution in [-0.2, 0) is 11.3 Å². The average Bonchev–Trinajstić information content (AvgIpc) is 3.29. The van der Waals surface area contributed by atoms with E-state index < -0.39 is 0 Å². The molecular formula is C22H31N5O2. The highest BCUT2D eigenvalue weighted by Gasteiger charge is 2.28. The first-order chi connectivity index (χ1) is 14.3. The summed E-state index contributed by atoms with van der Waals surface area (Å²) in [6, 6.07) is 12.5. The third-order valence-corrected chi connectivity index (χ3v) is 5.86. The van der Waals surface area contributed by atoms with Gasteiger partial charge in [0, 0.05) is 64.9 Å². The van der Waals surface area contributed by atoms with E-state index in [4.69, 9.17) is 9.26 Å². The summed E-state index contributed by atoms with van der Waals surface area (Å²) in [6.45, 7) is 6.47. The fraction of sp³-hybridized carbons (Fsp3) is 0.545. The fourth-order valence-electron chi connectivity index (χ4n) is 4.28. The highest BCUT2D eigenvalue weighted by molar-refractivity contribution is 5.80. The van der Waals surface area contributed by atoms with Crippen LogP contribution >= 0.6 is 0 Å². The molecule has 2 aliphatic rings. The zero-order valence-corrected chi connectivity index (χ0v) is 17.2. The summed E-state index contributed by atoms with van der Waals surface area (Å²) < 4.78 is 11.1. The Bertz CT molecular complexity index is 757. The molecule has 2 unspecified atom stereocenters. The number of guanidine groups is 1.